The summed E-state index contributed by atoms with van der Waals surface area (Å²) in [6.07, 6.45) is 2.30. The Morgan fingerprint density at radius 3 is 2.06 bits per heavy atom. The lowest BCUT2D eigenvalue weighted by atomic mass is 10.0. The Bertz CT molecular complexity index is 1090. The van der Waals surface area contributed by atoms with E-state index in [9.17, 15) is 14.4 Å². The van der Waals surface area contributed by atoms with Gasteiger partial charge in [0, 0.05) is 30.1 Å². The predicted octanol–water partition coefficient (Wildman–Crippen LogP) is 3.69. The van der Waals surface area contributed by atoms with Crippen molar-refractivity contribution in [2.24, 2.45) is 5.92 Å². The van der Waals surface area contributed by atoms with Crippen molar-refractivity contribution < 1.29 is 14.4 Å². The molecule has 6 heteroatoms. The van der Waals surface area contributed by atoms with E-state index < -0.39 is 6.04 Å². The van der Waals surface area contributed by atoms with Gasteiger partial charge in [0.25, 0.3) is 5.91 Å². The molecule has 1 atom stereocenters. The molecule has 3 N–H and O–H groups in total. The van der Waals surface area contributed by atoms with Gasteiger partial charge in [0.1, 0.15) is 6.04 Å². The minimum absolute atomic E-state index is 0.0639. The minimum Gasteiger partial charge on any atom is -0.350 e. The molecular weight excluding hydrogens is 414 g/mol. The van der Waals surface area contributed by atoms with E-state index in [0.717, 1.165) is 29.7 Å². The Morgan fingerprint density at radius 2 is 1.42 bits per heavy atom. The first-order valence-electron chi connectivity index (χ1n) is 11.2. The second-order valence-corrected chi connectivity index (χ2v) is 8.26. The van der Waals surface area contributed by atoms with Crippen LogP contribution in [0.5, 0.6) is 0 Å². The molecule has 0 spiro atoms. The van der Waals surface area contributed by atoms with Gasteiger partial charge in [0.15, 0.2) is 0 Å². The maximum absolute atomic E-state index is 13.0. The fourth-order valence-corrected chi connectivity index (χ4v) is 3.50. The second-order valence-electron chi connectivity index (χ2n) is 8.26. The van der Waals surface area contributed by atoms with E-state index in [1.54, 1.807) is 24.3 Å². The number of hydrogen-bond donors (Lipinski definition) is 3. The number of hydrogen-bond acceptors (Lipinski definition) is 3. The van der Waals surface area contributed by atoms with Crippen molar-refractivity contribution >= 4 is 23.4 Å². The summed E-state index contributed by atoms with van der Waals surface area (Å²) in [5.74, 6) is -0.331. The quantitative estimate of drug-likeness (QED) is 0.473. The Hall–Kier alpha value is -3.93. The molecule has 0 saturated heterocycles. The highest BCUT2D eigenvalue weighted by molar-refractivity contribution is 5.97. The van der Waals surface area contributed by atoms with Crippen molar-refractivity contribution in [2.45, 2.75) is 31.8 Å². The van der Waals surface area contributed by atoms with Gasteiger partial charge >= 0.3 is 0 Å². The van der Waals surface area contributed by atoms with Gasteiger partial charge in [-0.1, -0.05) is 60.7 Å². The van der Waals surface area contributed by atoms with Gasteiger partial charge in [-0.25, -0.2) is 0 Å². The highest BCUT2D eigenvalue weighted by atomic mass is 16.2. The van der Waals surface area contributed by atoms with Crippen LogP contribution in [0.25, 0.3) is 0 Å². The maximum Gasteiger partial charge on any atom is 0.251 e. The summed E-state index contributed by atoms with van der Waals surface area (Å²) in [6.45, 7) is 0.322. The summed E-state index contributed by atoms with van der Waals surface area (Å²) >= 11 is 0. The number of nitrogens with one attached hydrogen (secondary N) is 3. The van der Waals surface area contributed by atoms with Gasteiger partial charge in [-0.05, 0) is 48.2 Å². The molecule has 0 radical (unpaired) electrons. The number of benzene rings is 3. The van der Waals surface area contributed by atoms with Crippen LogP contribution in [-0.4, -0.2) is 23.8 Å². The summed E-state index contributed by atoms with van der Waals surface area (Å²) in [5, 5.41) is 8.69. The largest absolute Gasteiger partial charge is 0.350 e. The average Bonchev–Trinajstić information content (AvgIpc) is 3.70. The van der Waals surface area contributed by atoms with E-state index in [2.05, 4.69) is 16.0 Å². The zero-order valence-corrected chi connectivity index (χ0v) is 18.3. The van der Waals surface area contributed by atoms with Gasteiger partial charge in [-0.3, -0.25) is 14.4 Å². The third-order valence-electron chi connectivity index (χ3n) is 5.58. The van der Waals surface area contributed by atoms with Crippen LogP contribution >= 0.6 is 0 Å². The van der Waals surface area contributed by atoms with Crippen molar-refractivity contribution in [2.75, 3.05) is 5.32 Å². The number of amides is 3. The summed E-state index contributed by atoms with van der Waals surface area (Å²) in [4.78, 5) is 37.6. The molecule has 4 rings (SSSR count). The SMILES string of the molecule is O=C(N[C@@H](Cc1ccccc1)C(=O)NCc1ccc(NC(=O)C2CC2)cc1)c1ccccc1. The van der Waals surface area contributed by atoms with Crippen molar-refractivity contribution in [1.82, 2.24) is 10.6 Å². The Labute approximate surface area is 193 Å². The van der Waals surface area contributed by atoms with Gasteiger partial charge in [-0.2, -0.15) is 0 Å². The molecule has 3 aromatic carbocycles. The molecule has 0 aromatic heterocycles. The number of anilines is 1. The molecule has 1 aliphatic carbocycles. The highest BCUT2D eigenvalue weighted by Gasteiger charge is 2.29. The van der Waals surface area contributed by atoms with Gasteiger partial charge < -0.3 is 16.0 Å². The van der Waals surface area contributed by atoms with Crippen LogP contribution in [0.2, 0.25) is 0 Å². The minimum atomic E-state index is -0.711. The first-order valence-corrected chi connectivity index (χ1v) is 11.2. The fraction of sp³-hybridized carbons (Fsp3) is 0.222. The van der Waals surface area contributed by atoms with Gasteiger partial charge in [0.05, 0.1) is 0 Å². The molecule has 33 heavy (non-hydrogen) atoms. The van der Waals surface area contributed by atoms with Crippen LogP contribution in [0, 0.1) is 5.92 Å². The van der Waals surface area contributed by atoms with Crippen LogP contribution in [0.4, 0.5) is 5.69 Å². The summed E-state index contributed by atoms with van der Waals surface area (Å²) in [6, 6.07) is 25.2. The lowest BCUT2D eigenvalue weighted by molar-refractivity contribution is -0.123. The molecule has 168 valence electrons. The normalized spacial score (nSPS) is 13.6. The first kappa shape index (κ1) is 22.3. The lowest BCUT2D eigenvalue weighted by Crippen LogP contribution is -2.47. The second kappa shape index (κ2) is 10.6. The third-order valence-corrected chi connectivity index (χ3v) is 5.58. The van der Waals surface area contributed by atoms with Crippen LogP contribution in [0.1, 0.15) is 34.3 Å². The molecule has 0 heterocycles. The van der Waals surface area contributed by atoms with E-state index in [1.165, 1.54) is 0 Å². The standard InChI is InChI=1S/C27H27N3O3/c31-25(22-13-14-22)29-23-15-11-20(12-16-23)18-28-27(33)24(17-19-7-3-1-4-8-19)30-26(32)21-9-5-2-6-10-21/h1-12,15-16,22,24H,13-14,17-18H2,(H,28,33)(H,29,31)(H,30,32)/t24-/m0/s1. The smallest absolute Gasteiger partial charge is 0.251 e. The van der Waals surface area contributed by atoms with E-state index in [-0.39, 0.29) is 23.6 Å². The zero-order chi connectivity index (χ0) is 23.0. The number of rotatable bonds is 9. The molecule has 1 aliphatic rings. The molecule has 1 fully saturated rings. The molecule has 3 amide bonds. The topological polar surface area (TPSA) is 87.3 Å². The Morgan fingerprint density at radius 1 is 0.788 bits per heavy atom. The molecule has 0 unspecified atom stereocenters. The number of carbonyl (C=O) groups is 3. The van der Waals surface area contributed by atoms with Gasteiger partial charge in [0.2, 0.25) is 11.8 Å². The summed E-state index contributed by atoms with van der Waals surface area (Å²) in [7, 11) is 0. The molecule has 6 nitrogen and oxygen atoms in total. The lowest BCUT2D eigenvalue weighted by Gasteiger charge is -2.19. The molecule has 0 bridgehead atoms. The first-order chi connectivity index (χ1) is 16.1. The third kappa shape index (κ3) is 6.53. The van der Waals surface area contributed by atoms with E-state index in [4.69, 9.17) is 0 Å². The zero-order valence-electron chi connectivity index (χ0n) is 18.3. The highest BCUT2D eigenvalue weighted by Crippen LogP contribution is 2.30. The van der Waals surface area contributed by atoms with Crippen LogP contribution < -0.4 is 16.0 Å². The molecule has 0 aliphatic heterocycles. The van der Waals surface area contributed by atoms with Crippen molar-refractivity contribution in [1.29, 1.82) is 0 Å². The molecule has 1 saturated carbocycles. The van der Waals surface area contributed by atoms with Crippen LogP contribution in [0.15, 0.2) is 84.9 Å². The maximum atomic E-state index is 13.0. The number of carbonyl (C=O) groups excluding carboxylic acids is 3. The molecular formula is C27H27N3O3. The van der Waals surface area contributed by atoms with Crippen LogP contribution in [0.3, 0.4) is 0 Å². The predicted molar refractivity (Wildman–Crippen MR) is 127 cm³/mol. The van der Waals surface area contributed by atoms with Crippen molar-refractivity contribution in [3.63, 3.8) is 0 Å². The van der Waals surface area contributed by atoms with E-state index in [1.807, 2.05) is 60.7 Å². The monoisotopic (exact) mass is 441 g/mol. The average molecular weight is 442 g/mol. The van der Waals surface area contributed by atoms with Crippen molar-refractivity contribution in [3.05, 3.63) is 102 Å². The summed E-state index contributed by atoms with van der Waals surface area (Å²) < 4.78 is 0. The van der Waals surface area contributed by atoms with Crippen LogP contribution in [-0.2, 0) is 22.6 Å². The molecule has 3 aromatic rings. The van der Waals surface area contributed by atoms with E-state index in [0.29, 0.717) is 18.5 Å². The Balaban J connectivity index is 1.37. The Kier molecular flexibility index (Phi) is 7.15. The van der Waals surface area contributed by atoms with Crippen molar-refractivity contribution in [3.8, 4) is 0 Å². The van der Waals surface area contributed by atoms with Gasteiger partial charge in [-0.15, -0.1) is 0 Å². The van der Waals surface area contributed by atoms with E-state index >= 15 is 0 Å². The fourth-order valence-electron chi connectivity index (χ4n) is 3.50. The summed E-state index contributed by atoms with van der Waals surface area (Å²) in [5.41, 5.74) is 3.12.